The van der Waals surface area contributed by atoms with Gasteiger partial charge >= 0.3 is 0 Å². The maximum absolute atomic E-state index is 14.2. The summed E-state index contributed by atoms with van der Waals surface area (Å²) in [5.74, 6) is -0.147. The van der Waals surface area contributed by atoms with Gasteiger partial charge in [0.15, 0.2) is 0 Å². The van der Waals surface area contributed by atoms with Crippen molar-refractivity contribution in [3.05, 3.63) is 95.6 Å². The number of methoxy groups -OCH3 is 1. The van der Waals surface area contributed by atoms with E-state index in [0.29, 0.717) is 18.0 Å². The Hall–Kier alpha value is -3.85. The number of benzene rings is 3. The zero-order valence-corrected chi connectivity index (χ0v) is 24.6. The summed E-state index contributed by atoms with van der Waals surface area (Å²) in [6.07, 6.45) is 1.36. The number of nitrogens with one attached hydrogen (secondary N) is 1. The SMILES string of the molecule is CCNC(=O)[C@H](Cc1ccccc1)N(Cc1cccc(OC)c1)C(=O)CN(c1ccccc1C(C)C)S(C)(=O)=O. The molecule has 2 amide bonds. The Morgan fingerprint density at radius 2 is 1.57 bits per heavy atom. The number of nitrogens with zero attached hydrogens (tertiary/aromatic N) is 2. The topological polar surface area (TPSA) is 96.0 Å². The minimum Gasteiger partial charge on any atom is -0.497 e. The highest BCUT2D eigenvalue weighted by atomic mass is 32.2. The standard InChI is InChI=1S/C31H39N3O5S/c1-6-32-31(36)29(20-24-13-8-7-9-14-24)33(21-25-15-12-16-26(19-25)39-4)30(35)22-34(40(5,37)38)28-18-11-10-17-27(28)23(2)3/h7-19,23,29H,6,20-22H2,1-5H3,(H,32,36)/t29-/m0/s1. The quantitative estimate of drug-likeness (QED) is 0.332. The van der Waals surface area contributed by atoms with Crippen molar-refractivity contribution in [2.75, 3.05) is 30.8 Å². The fourth-order valence-electron chi connectivity index (χ4n) is 4.61. The van der Waals surface area contributed by atoms with Crippen molar-refractivity contribution in [3.8, 4) is 5.75 Å². The van der Waals surface area contributed by atoms with Gasteiger partial charge in [-0.1, -0.05) is 74.5 Å². The summed E-state index contributed by atoms with van der Waals surface area (Å²) in [5, 5.41) is 2.86. The summed E-state index contributed by atoms with van der Waals surface area (Å²) in [4.78, 5) is 29.1. The molecule has 40 heavy (non-hydrogen) atoms. The molecular weight excluding hydrogens is 526 g/mol. The number of para-hydroxylation sites is 1. The minimum absolute atomic E-state index is 0.0320. The molecule has 0 bridgehead atoms. The lowest BCUT2D eigenvalue weighted by molar-refractivity contribution is -0.140. The number of carbonyl (C=O) groups excluding carboxylic acids is 2. The van der Waals surface area contributed by atoms with Crippen molar-refractivity contribution in [3.63, 3.8) is 0 Å². The number of likely N-dealkylation sites (N-methyl/N-ethyl adjacent to an activating group) is 1. The lowest BCUT2D eigenvalue weighted by Crippen LogP contribution is -2.53. The molecule has 214 valence electrons. The molecule has 1 N–H and O–H groups in total. The number of amides is 2. The van der Waals surface area contributed by atoms with Gasteiger partial charge in [0.2, 0.25) is 21.8 Å². The Labute approximate surface area is 238 Å². The van der Waals surface area contributed by atoms with Crippen molar-refractivity contribution in [2.24, 2.45) is 0 Å². The molecule has 9 heteroatoms. The first-order chi connectivity index (χ1) is 19.0. The molecule has 3 rings (SSSR count). The van der Waals surface area contributed by atoms with E-state index in [9.17, 15) is 18.0 Å². The Morgan fingerprint density at radius 3 is 2.20 bits per heavy atom. The highest BCUT2D eigenvalue weighted by molar-refractivity contribution is 7.92. The third kappa shape index (κ3) is 8.08. The van der Waals surface area contributed by atoms with Gasteiger partial charge in [-0.15, -0.1) is 0 Å². The second-order valence-corrected chi connectivity index (χ2v) is 11.9. The summed E-state index contributed by atoms with van der Waals surface area (Å²) in [6.45, 7) is 5.80. The molecule has 0 aromatic heterocycles. The molecule has 0 aliphatic carbocycles. The monoisotopic (exact) mass is 565 g/mol. The number of hydrogen-bond acceptors (Lipinski definition) is 5. The molecule has 0 unspecified atom stereocenters. The molecule has 3 aromatic carbocycles. The fraction of sp³-hybridized carbons (Fsp3) is 0.355. The van der Waals surface area contributed by atoms with Gasteiger partial charge < -0.3 is 15.0 Å². The van der Waals surface area contributed by atoms with Gasteiger partial charge in [-0.3, -0.25) is 13.9 Å². The first-order valence-electron chi connectivity index (χ1n) is 13.4. The van der Waals surface area contributed by atoms with Crippen LogP contribution in [0.2, 0.25) is 0 Å². The maximum atomic E-state index is 14.2. The summed E-state index contributed by atoms with van der Waals surface area (Å²) in [6, 6.07) is 23.0. The molecule has 0 aliphatic heterocycles. The van der Waals surface area contributed by atoms with Crippen molar-refractivity contribution >= 4 is 27.5 Å². The zero-order valence-electron chi connectivity index (χ0n) is 23.8. The average molecular weight is 566 g/mol. The van der Waals surface area contributed by atoms with Crippen molar-refractivity contribution in [1.82, 2.24) is 10.2 Å². The number of rotatable bonds is 13. The predicted octanol–water partition coefficient (Wildman–Crippen LogP) is 4.36. The summed E-state index contributed by atoms with van der Waals surface area (Å²) < 4.78 is 32.6. The Balaban J connectivity index is 2.09. The van der Waals surface area contributed by atoms with Gasteiger partial charge in [-0.2, -0.15) is 0 Å². The van der Waals surface area contributed by atoms with Crippen LogP contribution in [-0.4, -0.2) is 57.6 Å². The lowest BCUT2D eigenvalue weighted by Gasteiger charge is -2.34. The van der Waals surface area contributed by atoms with Crippen LogP contribution in [0.4, 0.5) is 5.69 Å². The van der Waals surface area contributed by atoms with E-state index < -0.39 is 28.5 Å². The van der Waals surface area contributed by atoms with Crippen molar-refractivity contribution < 1.29 is 22.7 Å². The summed E-state index contributed by atoms with van der Waals surface area (Å²) >= 11 is 0. The number of carbonyl (C=O) groups is 2. The number of sulfonamides is 1. The van der Waals surface area contributed by atoms with E-state index in [0.717, 1.165) is 27.3 Å². The van der Waals surface area contributed by atoms with Crippen LogP contribution in [0.5, 0.6) is 5.75 Å². The molecule has 0 saturated carbocycles. The van der Waals surface area contributed by atoms with Crippen LogP contribution in [0, 0.1) is 0 Å². The molecule has 0 spiro atoms. The fourth-order valence-corrected chi connectivity index (χ4v) is 5.48. The highest BCUT2D eigenvalue weighted by Gasteiger charge is 2.33. The Bertz CT molecular complexity index is 1390. The van der Waals surface area contributed by atoms with Gasteiger partial charge in [-0.05, 0) is 47.7 Å². The molecular formula is C31H39N3O5S. The van der Waals surface area contributed by atoms with Gasteiger partial charge in [-0.25, -0.2) is 8.42 Å². The number of ether oxygens (including phenoxy) is 1. The van der Waals surface area contributed by atoms with E-state index in [1.165, 1.54) is 4.90 Å². The van der Waals surface area contributed by atoms with Gasteiger partial charge in [0.25, 0.3) is 0 Å². The third-order valence-corrected chi connectivity index (χ3v) is 7.74. The molecule has 3 aromatic rings. The predicted molar refractivity (Wildman–Crippen MR) is 159 cm³/mol. The average Bonchev–Trinajstić information content (AvgIpc) is 2.93. The van der Waals surface area contributed by atoms with Gasteiger partial charge in [0, 0.05) is 19.5 Å². The second-order valence-electron chi connectivity index (χ2n) is 9.96. The second kappa shape index (κ2) is 14.0. The molecule has 1 atom stereocenters. The van der Waals surface area contributed by atoms with E-state index >= 15 is 0 Å². The van der Waals surface area contributed by atoms with Gasteiger partial charge in [0.05, 0.1) is 19.1 Å². The first-order valence-corrected chi connectivity index (χ1v) is 15.2. The largest absolute Gasteiger partial charge is 0.497 e. The lowest BCUT2D eigenvalue weighted by atomic mass is 10.0. The van der Waals surface area contributed by atoms with Crippen molar-refractivity contribution in [2.45, 2.75) is 45.7 Å². The first kappa shape index (κ1) is 30.7. The zero-order chi connectivity index (χ0) is 29.3. The normalized spacial score (nSPS) is 12.1. The van der Waals surface area contributed by atoms with Crippen LogP contribution in [-0.2, 0) is 32.6 Å². The van der Waals surface area contributed by atoms with Gasteiger partial charge in [0.1, 0.15) is 18.3 Å². The molecule has 0 fully saturated rings. The minimum atomic E-state index is -3.84. The molecule has 8 nitrogen and oxygen atoms in total. The van der Waals surface area contributed by atoms with E-state index in [-0.39, 0.29) is 24.8 Å². The molecule has 0 saturated heterocycles. The smallest absolute Gasteiger partial charge is 0.244 e. The van der Waals surface area contributed by atoms with Crippen LogP contribution in [0.15, 0.2) is 78.9 Å². The van der Waals surface area contributed by atoms with Crippen molar-refractivity contribution in [1.29, 1.82) is 0 Å². The van der Waals surface area contributed by atoms with Crippen LogP contribution >= 0.6 is 0 Å². The number of anilines is 1. The molecule has 0 aliphatic rings. The van der Waals surface area contributed by atoms with Crippen LogP contribution in [0.1, 0.15) is 43.4 Å². The van der Waals surface area contributed by atoms with E-state index in [1.807, 2.05) is 75.4 Å². The third-order valence-electron chi connectivity index (χ3n) is 6.62. The Morgan fingerprint density at radius 1 is 0.925 bits per heavy atom. The van der Waals surface area contributed by atoms with E-state index in [4.69, 9.17) is 4.74 Å². The van der Waals surface area contributed by atoms with Crippen LogP contribution in [0.3, 0.4) is 0 Å². The Kier molecular flexibility index (Phi) is 10.7. The molecule has 0 heterocycles. The summed E-state index contributed by atoms with van der Waals surface area (Å²) in [7, 11) is -2.28. The summed E-state index contributed by atoms with van der Waals surface area (Å²) in [5.41, 5.74) is 2.90. The molecule has 0 radical (unpaired) electrons. The van der Waals surface area contributed by atoms with Crippen LogP contribution < -0.4 is 14.4 Å². The number of hydrogen-bond donors (Lipinski definition) is 1. The highest BCUT2D eigenvalue weighted by Crippen LogP contribution is 2.29. The van der Waals surface area contributed by atoms with E-state index in [1.54, 1.807) is 31.4 Å². The van der Waals surface area contributed by atoms with Crippen LogP contribution in [0.25, 0.3) is 0 Å². The van der Waals surface area contributed by atoms with E-state index in [2.05, 4.69) is 5.32 Å². The maximum Gasteiger partial charge on any atom is 0.244 e.